The summed E-state index contributed by atoms with van der Waals surface area (Å²) in [6.45, 7) is 4.22. The van der Waals surface area contributed by atoms with Crippen molar-refractivity contribution in [2.24, 2.45) is 5.41 Å². The number of rotatable bonds is 5. The molecule has 0 spiro atoms. The van der Waals surface area contributed by atoms with E-state index < -0.39 is 5.41 Å². The molecule has 4 nitrogen and oxygen atoms in total. The Bertz CT molecular complexity index is 499. The average molecular weight is 331 g/mol. The Balaban J connectivity index is 0.00000242. The molecule has 0 unspecified atom stereocenters. The Kier molecular flexibility index (Phi) is 7.26. The highest BCUT2D eigenvalue weighted by molar-refractivity contribution is 5.85. The molecule has 2 N–H and O–H groups in total. The first-order valence-corrected chi connectivity index (χ1v) is 7.30. The molecule has 1 amide bonds. The van der Waals surface area contributed by atoms with Gasteiger partial charge >= 0.3 is 0 Å². The largest absolute Gasteiger partial charge is 0.384 e. The van der Waals surface area contributed by atoms with Crippen molar-refractivity contribution in [1.82, 2.24) is 10.6 Å². The van der Waals surface area contributed by atoms with E-state index >= 15 is 0 Å². The van der Waals surface area contributed by atoms with Crippen LogP contribution in [0.3, 0.4) is 0 Å². The van der Waals surface area contributed by atoms with Crippen LogP contribution >= 0.6 is 12.4 Å². The molecule has 1 aliphatic heterocycles. The lowest BCUT2D eigenvalue weighted by atomic mass is 9.78. The van der Waals surface area contributed by atoms with Crippen molar-refractivity contribution in [1.29, 1.82) is 0 Å². The topological polar surface area (TPSA) is 50.4 Å². The number of aryl methyl sites for hydroxylation is 1. The molecule has 0 radical (unpaired) electrons. The second-order valence-corrected chi connectivity index (χ2v) is 5.73. The van der Waals surface area contributed by atoms with Crippen LogP contribution in [0.4, 0.5) is 4.39 Å². The maximum absolute atomic E-state index is 13.2. The lowest BCUT2D eigenvalue weighted by Gasteiger charge is -2.35. The Labute approximate surface area is 137 Å². The molecule has 0 aromatic heterocycles. The van der Waals surface area contributed by atoms with Gasteiger partial charge in [-0.1, -0.05) is 12.1 Å². The molecule has 22 heavy (non-hydrogen) atoms. The zero-order valence-corrected chi connectivity index (χ0v) is 13.9. The molecule has 124 valence electrons. The van der Waals surface area contributed by atoms with Crippen LogP contribution in [0.5, 0.6) is 0 Å². The fraction of sp³-hybridized carbons (Fsp3) is 0.562. The van der Waals surface area contributed by atoms with E-state index in [2.05, 4.69) is 10.6 Å². The average Bonchev–Trinajstić information content (AvgIpc) is 2.49. The quantitative estimate of drug-likeness (QED) is 0.870. The smallest absolute Gasteiger partial charge is 0.228 e. The Morgan fingerprint density at radius 2 is 2.09 bits per heavy atom. The molecule has 1 heterocycles. The van der Waals surface area contributed by atoms with Crippen molar-refractivity contribution in [2.45, 2.75) is 26.3 Å². The van der Waals surface area contributed by atoms with Gasteiger partial charge in [-0.15, -0.1) is 12.4 Å². The minimum atomic E-state index is -0.449. The van der Waals surface area contributed by atoms with Gasteiger partial charge in [-0.2, -0.15) is 0 Å². The van der Waals surface area contributed by atoms with E-state index in [1.54, 1.807) is 26.2 Å². The van der Waals surface area contributed by atoms with Crippen molar-refractivity contribution in [3.05, 3.63) is 35.1 Å². The maximum atomic E-state index is 13.2. The van der Waals surface area contributed by atoms with E-state index in [1.165, 1.54) is 6.07 Å². The zero-order chi connectivity index (χ0) is 15.3. The second kappa shape index (κ2) is 8.46. The summed E-state index contributed by atoms with van der Waals surface area (Å²) in [5.41, 5.74) is 1.05. The second-order valence-electron chi connectivity index (χ2n) is 5.73. The van der Waals surface area contributed by atoms with Gasteiger partial charge in [0.05, 0.1) is 12.0 Å². The van der Waals surface area contributed by atoms with Gasteiger partial charge < -0.3 is 15.4 Å². The number of carbonyl (C=O) groups is 1. The molecule has 6 heteroatoms. The predicted octanol–water partition coefficient (Wildman–Crippen LogP) is 2.19. The molecular weight excluding hydrogens is 307 g/mol. The minimum absolute atomic E-state index is 0. The molecule has 1 saturated heterocycles. The summed E-state index contributed by atoms with van der Waals surface area (Å²) in [6, 6.07) is 4.90. The van der Waals surface area contributed by atoms with Crippen LogP contribution in [0.15, 0.2) is 18.2 Å². The summed E-state index contributed by atoms with van der Waals surface area (Å²) < 4.78 is 18.5. The molecule has 1 fully saturated rings. The molecule has 0 saturated carbocycles. The number of hydrogen-bond donors (Lipinski definition) is 2. The fourth-order valence-electron chi connectivity index (χ4n) is 2.81. The van der Waals surface area contributed by atoms with Crippen LogP contribution < -0.4 is 10.6 Å². The summed E-state index contributed by atoms with van der Waals surface area (Å²) in [5.74, 6) is -0.202. The first kappa shape index (κ1) is 18.9. The van der Waals surface area contributed by atoms with Gasteiger partial charge in [0, 0.05) is 13.7 Å². The normalized spacial score (nSPS) is 16.7. The molecule has 2 rings (SSSR count). The van der Waals surface area contributed by atoms with Crippen molar-refractivity contribution >= 4 is 18.3 Å². The molecular formula is C16H24ClFN2O2. The van der Waals surface area contributed by atoms with E-state index in [1.807, 2.05) is 0 Å². The third-order valence-corrected chi connectivity index (χ3v) is 4.14. The SMILES string of the molecule is COCC1(C(=O)NCc2ccc(F)c(C)c2)CCNCC1.Cl. The lowest BCUT2D eigenvalue weighted by Crippen LogP contribution is -2.49. The number of methoxy groups -OCH3 is 1. The lowest BCUT2D eigenvalue weighted by molar-refractivity contribution is -0.136. The van der Waals surface area contributed by atoms with Crippen LogP contribution in [0.1, 0.15) is 24.0 Å². The van der Waals surface area contributed by atoms with Crippen molar-refractivity contribution in [3.63, 3.8) is 0 Å². The predicted molar refractivity (Wildman–Crippen MR) is 86.6 cm³/mol. The number of carbonyl (C=O) groups excluding carboxylic acids is 1. The molecule has 0 aliphatic carbocycles. The van der Waals surface area contributed by atoms with Crippen LogP contribution in [0.25, 0.3) is 0 Å². The number of amides is 1. The number of nitrogens with one attached hydrogen (secondary N) is 2. The van der Waals surface area contributed by atoms with E-state index in [9.17, 15) is 9.18 Å². The molecule has 1 aromatic rings. The maximum Gasteiger partial charge on any atom is 0.228 e. The highest BCUT2D eigenvalue weighted by Crippen LogP contribution is 2.29. The van der Waals surface area contributed by atoms with E-state index in [0.29, 0.717) is 18.7 Å². The number of halogens is 2. The molecule has 1 aromatic carbocycles. The van der Waals surface area contributed by atoms with Crippen molar-refractivity contribution in [3.8, 4) is 0 Å². The van der Waals surface area contributed by atoms with Crippen LogP contribution in [-0.2, 0) is 16.1 Å². The van der Waals surface area contributed by atoms with Gasteiger partial charge in [0.2, 0.25) is 5.91 Å². The van der Waals surface area contributed by atoms with E-state index in [-0.39, 0.29) is 24.1 Å². The number of ether oxygens (including phenoxy) is 1. The first-order chi connectivity index (χ1) is 10.1. The standard InChI is InChI=1S/C16H23FN2O2.ClH/c1-12-9-13(3-4-14(12)17)10-19-15(20)16(11-21-2)5-7-18-8-6-16;/h3-4,9,18H,5-8,10-11H2,1-2H3,(H,19,20);1H. The molecule has 1 aliphatic rings. The van der Waals surface area contributed by atoms with Gasteiger partial charge in [0.25, 0.3) is 0 Å². The van der Waals surface area contributed by atoms with Gasteiger partial charge in [-0.3, -0.25) is 4.79 Å². The van der Waals surface area contributed by atoms with Gasteiger partial charge in [0.1, 0.15) is 5.82 Å². The van der Waals surface area contributed by atoms with E-state index in [4.69, 9.17) is 4.74 Å². The molecule has 0 bridgehead atoms. The summed E-state index contributed by atoms with van der Waals surface area (Å²) in [4.78, 5) is 12.5. The monoisotopic (exact) mass is 330 g/mol. The Morgan fingerprint density at radius 3 is 2.68 bits per heavy atom. The summed E-state index contributed by atoms with van der Waals surface area (Å²) in [7, 11) is 1.63. The Morgan fingerprint density at radius 1 is 1.41 bits per heavy atom. The van der Waals surface area contributed by atoms with Gasteiger partial charge in [-0.25, -0.2) is 4.39 Å². The van der Waals surface area contributed by atoms with Crippen molar-refractivity contribution in [2.75, 3.05) is 26.8 Å². The third-order valence-electron chi connectivity index (χ3n) is 4.14. The number of hydrogen-bond acceptors (Lipinski definition) is 3. The van der Waals surface area contributed by atoms with E-state index in [0.717, 1.165) is 31.5 Å². The first-order valence-electron chi connectivity index (χ1n) is 7.30. The van der Waals surface area contributed by atoms with Crippen LogP contribution in [0, 0.1) is 18.2 Å². The minimum Gasteiger partial charge on any atom is -0.384 e. The number of piperidine rings is 1. The summed E-state index contributed by atoms with van der Waals surface area (Å²) >= 11 is 0. The van der Waals surface area contributed by atoms with Crippen LogP contribution in [-0.4, -0.2) is 32.7 Å². The highest BCUT2D eigenvalue weighted by atomic mass is 35.5. The molecule has 0 atom stereocenters. The zero-order valence-electron chi connectivity index (χ0n) is 13.1. The Hall–Kier alpha value is -1.17. The van der Waals surface area contributed by atoms with Gasteiger partial charge in [0.15, 0.2) is 0 Å². The highest BCUT2D eigenvalue weighted by Gasteiger charge is 2.39. The third kappa shape index (κ3) is 4.41. The summed E-state index contributed by atoms with van der Waals surface area (Å²) in [6.07, 6.45) is 1.55. The fourth-order valence-corrected chi connectivity index (χ4v) is 2.81. The van der Waals surface area contributed by atoms with Crippen molar-refractivity contribution < 1.29 is 13.9 Å². The number of benzene rings is 1. The van der Waals surface area contributed by atoms with Gasteiger partial charge in [-0.05, 0) is 50.0 Å². The van der Waals surface area contributed by atoms with Crippen LogP contribution in [0.2, 0.25) is 0 Å². The summed E-state index contributed by atoms with van der Waals surface area (Å²) in [5, 5.41) is 6.23.